The molecule has 0 bridgehead atoms. The topological polar surface area (TPSA) is 68.2 Å². The number of carbonyl (C=O) groups excluding carboxylic acids is 1. The van der Waals surface area contributed by atoms with Crippen molar-refractivity contribution in [3.05, 3.63) is 36.0 Å². The standard InChI is InChI=1S/C18H24N4O/c1-22(2)17-10-8-15(9-11-17)20-13-14(12-19)18(23)21-16-6-4-3-5-7-16/h8-11,13,16,20H,3-7H2,1-2H3,(H,21,23)/b14-13-. The maximum absolute atomic E-state index is 12.2. The van der Waals surface area contributed by atoms with Gasteiger partial charge in [0.2, 0.25) is 0 Å². The molecule has 0 atom stereocenters. The molecular formula is C18H24N4O. The number of benzene rings is 1. The van der Waals surface area contributed by atoms with Gasteiger partial charge in [-0.2, -0.15) is 5.26 Å². The van der Waals surface area contributed by atoms with E-state index >= 15 is 0 Å². The molecule has 2 N–H and O–H groups in total. The summed E-state index contributed by atoms with van der Waals surface area (Å²) in [6.07, 6.45) is 7.01. The second-order valence-corrected chi connectivity index (χ2v) is 6.06. The lowest BCUT2D eigenvalue weighted by atomic mass is 9.95. The Balaban J connectivity index is 1.95. The molecule has 0 radical (unpaired) electrons. The Morgan fingerprint density at radius 1 is 1.22 bits per heavy atom. The smallest absolute Gasteiger partial charge is 0.263 e. The maximum Gasteiger partial charge on any atom is 0.263 e. The van der Waals surface area contributed by atoms with Crippen LogP contribution in [0.15, 0.2) is 36.0 Å². The van der Waals surface area contributed by atoms with Crippen molar-refractivity contribution in [1.29, 1.82) is 5.26 Å². The molecular weight excluding hydrogens is 288 g/mol. The van der Waals surface area contributed by atoms with Gasteiger partial charge in [-0.3, -0.25) is 4.79 Å². The van der Waals surface area contributed by atoms with Gasteiger partial charge in [0.25, 0.3) is 5.91 Å². The highest BCUT2D eigenvalue weighted by molar-refractivity contribution is 5.97. The van der Waals surface area contributed by atoms with E-state index in [0.29, 0.717) is 0 Å². The minimum absolute atomic E-state index is 0.104. The van der Waals surface area contributed by atoms with Crippen LogP contribution < -0.4 is 15.5 Å². The van der Waals surface area contributed by atoms with Gasteiger partial charge in [-0.05, 0) is 37.1 Å². The number of hydrogen-bond donors (Lipinski definition) is 2. The predicted molar refractivity (Wildman–Crippen MR) is 93.1 cm³/mol. The van der Waals surface area contributed by atoms with Crippen molar-refractivity contribution in [1.82, 2.24) is 5.32 Å². The molecule has 1 aromatic carbocycles. The van der Waals surface area contributed by atoms with Crippen molar-refractivity contribution in [3.63, 3.8) is 0 Å². The lowest BCUT2D eigenvalue weighted by Crippen LogP contribution is -2.37. The van der Waals surface area contributed by atoms with Gasteiger partial charge in [-0.15, -0.1) is 0 Å². The first-order chi connectivity index (χ1) is 11.1. The highest BCUT2D eigenvalue weighted by atomic mass is 16.1. The molecule has 0 spiro atoms. The summed E-state index contributed by atoms with van der Waals surface area (Å²) in [5.41, 5.74) is 2.04. The first kappa shape index (κ1) is 16.9. The third-order valence-corrected chi connectivity index (χ3v) is 4.07. The number of nitriles is 1. The number of nitrogens with zero attached hydrogens (tertiary/aromatic N) is 2. The lowest BCUT2D eigenvalue weighted by molar-refractivity contribution is -0.118. The van der Waals surface area contributed by atoms with Crippen LogP contribution in [-0.2, 0) is 4.79 Å². The second-order valence-electron chi connectivity index (χ2n) is 6.06. The Kier molecular flexibility index (Phi) is 6.04. The van der Waals surface area contributed by atoms with Crippen LogP contribution in [0.5, 0.6) is 0 Å². The lowest BCUT2D eigenvalue weighted by Gasteiger charge is -2.22. The van der Waals surface area contributed by atoms with Crippen LogP contribution in [-0.4, -0.2) is 26.0 Å². The van der Waals surface area contributed by atoms with E-state index in [2.05, 4.69) is 10.6 Å². The third kappa shape index (κ3) is 5.03. The van der Waals surface area contributed by atoms with E-state index in [-0.39, 0.29) is 17.5 Å². The Bertz CT molecular complexity index is 592. The predicted octanol–water partition coefficient (Wildman–Crippen LogP) is 3.02. The van der Waals surface area contributed by atoms with Crippen molar-refractivity contribution in [3.8, 4) is 6.07 Å². The number of hydrogen-bond acceptors (Lipinski definition) is 4. The number of nitrogens with one attached hydrogen (secondary N) is 2. The Morgan fingerprint density at radius 2 is 1.87 bits per heavy atom. The number of carbonyl (C=O) groups is 1. The number of amides is 1. The van der Waals surface area contributed by atoms with Gasteiger partial charge < -0.3 is 15.5 Å². The monoisotopic (exact) mass is 312 g/mol. The summed E-state index contributed by atoms with van der Waals surface area (Å²) in [6.45, 7) is 0. The fourth-order valence-electron chi connectivity index (χ4n) is 2.67. The molecule has 23 heavy (non-hydrogen) atoms. The van der Waals surface area contributed by atoms with Crippen molar-refractivity contribution in [2.24, 2.45) is 0 Å². The molecule has 1 saturated carbocycles. The zero-order chi connectivity index (χ0) is 16.7. The van der Waals surface area contributed by atoms with Crippen molar-refractivity contribution >= 4 is 17.3 Å². The zero-order valence-corrected chi connectivity index (χ0v) is 13.8. The largest absolute Gasteiger partial charge is 0.378 e. The van der Waals surface area contributed by atoms with Crippen LogP contribution in [0.2, 0.25) is 0 Å². The Morgan fingerprint density at radius 3 is 2.43 bits per heavy atom. The fraction of sp³-hybridized carbons (Fsp3) is 0.444. The molecule has 1 amide bonds. The van der Waals surface area contributed by atoms with Crippen LogP contribution in [0.1, 0.15) is 32.1 Å². The summed E-state index contributed by atoms with van der Waals surface area (Å²) in [4.78, 5) is 14.2. The summed E-state index contributed by atoms with van der Waals surface area (Å²) in [5.74, 6) is -0.295. The van der Waals surface area contributed by atoms with E-state index in [9.17, 15) is 10.1 Å². The minimum atomic E-state index is -0.295. The van der Waals surface area contributed by atoms with Crippen LogP contribution in [0.25, 0.3) is 0 Å². The fourth-order valence-corrected chi connectivity index (χ4v) is 2.67. The van der Waals surface area contributed by atoms with Gasteiger partial charge in [-0.25, -0.2) is 0 Å². The van der Waals surface area contributed by atoms with E-state index in [0.717, 1.165) is 37.1 Å². The van der Waals surface area contributed by atoms with E-state index in [1.54, 1.807) is 0 Å². The third-order valence-electron chi connectivity index (χ3n) is 4.07. The van der Waals surface area contributed by atoms with Crippen LogP contribution in [0.4, 0.5) is 11.4 Å². The van der Waals surface area contributed by atoms with Crippen molar-refractivity contribution in [2.75, 3.05) is 24.3 Å². The molecule has 1 fully saturated rings. The SMILES string of the molecule is CN(C)c1ccc(N/C=C(/C#N)C(=O)NC2CCCCC2)cc1. The summed E-state index contributed by atoms with van der Waals surface area (Å²) >= 11 is 0. The van der Waals surface area contributed by atoms with Crippen LogP contribution >= 0.6 is 0 Å². The first-order valence-corrected chi connectivity index (χ1v) is 8.05. The van der Waals surface area contributed by atoms with E-state index in [4.69, 9.17) is 0 Å². The van der Waals surface area contributed by atoms with E-state index < -0.39 is 0 Å². The van der Waals surface area contributed by atoms with Crippen molar-refractivity contribution in [2.45, 2.75) is 38.1 Å². The highest BCUT2D eigenvalue weighted by Crippen LogP contribution is 2.18. The molecule has 0 unspecified atom stereocenters. The first-order valence-electron chi connectivity index (χ1n) is 8.05. The summed E-state index contributed by atoms with van der Waals surface area (Å²) in [7, 11) is 3.96. The van der Waals surface area contributed by atoms with Gasteiger partial charge in [0.1, 0.15) is 11.6 Å². The summed E-state index contributed by atoms with van der Waals surface area (Å²) < 4.78 is 0. The quantitative estimate of drug-likeness (QED) is 0.648. The molecule has 0 aromatic heterocycles. The second kappa shape index (κ2) is 8.23. The normalized spacial score (nSPS) is 15.6. The summed E-state index contributed by atoms with van der Waals surface area (Å²) in [5, 5.41) is 15.2. The summed E-state index contributed by atoms with van der Waals surface area (Å²) in [6, 6.07) is 9.96. The van der Waals surface area contributed by atoms with Gasteiger partial charge in [-0.1, -0.05) is 19.3 Å². The molecule has 0 saturated heterocycles. The number of anilines is 2. The van der Waals surface area contributed by atoms with E-state index in [1.807, 2.05) is 49.3 Å². The van der Waals surface area contributed by atoms with Gasteiger partial charge in [0.15, 0.2) is 0 Å². The van der Waals surface area contributed by atoms with Crippen LogP contribution in [0.3, 0.4) is 0 Å². The average molecular weight is 312 g/mol. The molecule has 0 heterocycles. The minimum Gasteiger partial charge on any atom is -0.378 e. The molecule has 2 rings (SSSR count). The molecule has 1 aliphatic rings. The molecule has 1 aromatic rings. The Hall–Kier alpha value is -2.48. The molecule has 0 aliphatic heterocycles. The van der Waals surface area contributed by atoms with Crippen molar-refractivity contribution < 1.29 is 4.79 Å². The zero-order valence-electron chi connectivity index (χ0n) is 13.8. The van der Waals surface area contributed by atoms with Crippen LogP contribution in [0, 0.1) is 11.3 Å². The molecule has 5 heteroatoms. The van der Waals surface area contributed by atoms with Gasteiger partial charge >= 0.3 is 0 Å². The Labute approximate surface area is 138 Å². The highest BCUT2D eigenvalue weighted by Gasteiger charge is 2.17. The number of rotatable bonds is 5. The average Bonchev–Trinajstić information content (AvgIpc) is 2.56. The maximum atomic E-state index is 12.2. The van der Waals surface area contributed by atoms with E-state index in [1.165, 1.54) is 12.6 Å². The van der Waals surface area contributed by atoms with Gasteiger partial charge in [0.05, 0.1) is 0 Å². The molecule has 1 aliphatic carbocycles. The van der Waals surface area contributed by atoms with Gasteiger partial charge in [0, 0.05) is 37.7 Å². The molecule has 122 valence electrons. The molecule has 5 nitrogen and oxygen atoms in total.